The van der Waals surface area contributed by atoms with E-state index in [9.17, 15) is 4.79 Å². The largest absolute Gasteiger partial charge is 0.335 e. The van der Waals surface area contributed by atoms with Gasteiger partial charge in [-0.3, -0.25) is 4.79 Å². The molecule has 0 unspecified atom stereocenters. The SMILES string of the molecule is N#Cc1ncn(CC(=O)N(C2CCCC2)C2CC2)c1C#N. The monoisotopic (exact) mass is 283 g/mol. The highest BCUT2D eigenvalue weighted by Gasteiger charge is 2.38. The molecule has 1 aromatic rings. The molecule has 1 heterocycles. The van der Waals surface area contributed by atoms with Crippen molar-refractivity contribution in [1.29, 1.82) is 10.5 Å². The number of nitriles is 2. The van der Waals surface area contributed by atoms with Gasteiger partial charge in [-0.25, -0.2) is 4.98 Å². The maximum Gasteiger partial charge on any atom is 0.243 e. The molecular formula is C15H17N5O. The first-order chi connectivity index (χ1) is 10.2. The molecule has 0 spiro atoms. The molecule has 6 nitrogen and oxygen atoms in total. The van der Waals surface area contributed by atoms with Crippen molar-refractivity contribution in [1.82, 2.24) is 14.5 Å². The van der Waals surface area contributed by atoms with Gasteiger partial charge >= 0.3 is 0 Å². The predicted octanol–water partition coefficient (Wildman–Crippen LogP) is 1.56. The summed E-state index contributed by atoms with van der Waals surface area (Å²) in [5, 5.41) is 18.0. The summed E-state index contributed by atoms with van der Waals surface area (Å²) in [6.07, 6.45) is 8.13. The van der Waals surface area contributed by atoms with Crippen LogP contribution < -0.4 is 0 Å². The van der Waals surface area contributed by atoms with Crippen LogP contribution in [-0.2, 0) is 11.3 Å². The standard InChI is InChI=1S/C15H17N5O/c16-7-13-14(8-17)19(10-18-13)9-15(21)20(12-5-6-12)11-3-1-2-4-11/h10-12H,1-6,9H2. The molecule has 21 heavy (non-hydrogen) atoms. The molecule has 1 amide bonds. The van der Waals surface area contributed by atoms with E-state index >= 15 is 0 Å². The third-order valence-corrected chi connectivity index (χ3v) is 4.30. The summed E-state index contributed by atoms with van der Waals surface area (Å²) in [7, 11) is 0. The Balaban J connectivity index is 1.77. The van der Waals surface area contributed by atoms with E-state index in [-0.39, 0.29) is 23.8 Å². The first-order valence-corrected chi connectivity index (χ1v) is 7.41. The smallest absolute Gasteiger partial charge is 0.243 e. The average molecular weight is 283 g/mol. The van der Waals surface area contributed by atoms with E-state index in [4.69, 9.17) is 10.5 Å². The van der Waals surface area contributed by atoms with Crippen LogP contribution in [0.5, 0.6) is 0 Å². The normalized spacial score (nSPS) is 18.2. The van der Waals surface area contributed by atoms with Crippen LogP contribution in [0.2, 0.25) is 0 Å². The van der Waals surface area contributed by atoms with Crippen molar-refractivity contribution >= 4 is 5.91 Å². The van der Waals surface area contributed by atoms with Gasteiger partial charge in [0.05, 0.1) is 6.33 Å². The molecule has 0 atom stereocenters. The van der Waals surface area contributed by atoms with Crippen LogP contribution in [0.4, 0.5) is 0 Å². The Morgan fingerprint density at radius 1 is 1.24 bits per heavy atom. The Bertz CT molecular complexity index is 625. The lowest BCUT2D eigenvalue weighted by Gasteiger charge is -2.29. The number of rotatable bonds is 4. The highest BCUT2D eigenvalue weighted by Crippen LogP contribution is 2.34. The van der Waals surface area contributed by atoms with E-state index in [1.807, 2.05) is 17.0 Å². The zero-order chi connectivity index (χ0) is 14.8. The van der Waals surface area contributed by atoms with E-state index in [1.165, 1.54) is 23.7 Å². The number of nitrogens with zero attached hydrogens (tertiary/aromatic N) is 5. The van der Waals surface area contributed by atoms with Gasteiger partial charge in [0.25, 0.3) is 0 Å². The molecule has 3 rings (SSSR count). The van der Waals surface area contributed by atoms with Gasteiger partial charge in [0.15, 0.2) is 11.4 Å². The minimum Gasteiger partial charge on any atom is -0.335 e. The zero-order valence-electron chi connectivity index (χ0n) is 11.8. The summed E-state index contributed by atoms with van der Waals surface area (Å²) in [5.74, 6) is 0.0442. The molecule has 0 aromatic carbocycles. The summed E-state index contributed by atoms with van der Waals surface area (Å²) >= 11 is 0. The van der Waals surface area contributed by atoms with Crippen molar-refractivity contribution in [2.45, 2.75) is 57.2 Å². The number of amides is 1. The second kappa shape index (κ2) is 5.57. The lowest BCUT2D eigenvalue weighted by molar-refractivity contribution is -0.134. The third-order valence-electron chi connectivity index (χ3n) is 4.30. The fraction of sp³-hybridized carbons (Fsp3) is 0.600. The van der Waals surface area contributed by atoms with Crippen molar-refractivity contribution in [3.8, 4) is 12.1 Å². The van der Waals surface area contributed by atoms with Crippen molar-refractivity contribution in [2.24, 2.45) is 0 Å². The summed E-state index contributed by atoms with van der Waals surface area (Å²) in [6.45, 7) is 0.102. The average Bonchev–Trinajstić information content (AvgIpc) is 3.01. The summed E-state index contributed by atoms with van der Waals surface area (Å²) < 4.78 is 1.49. The summed E-state index contributed by atoms with van der Waals surface area (Å²) in [6, 6.07) is 4.58. The molecule has 6 heteroatoms. The van der Waals surface area contributed by atoms with E-state index in [0.717, 1.165) is 25.7 Å². The van der Waals surface area contributed by atoms with Gasteiger partial charge in [0.1, 0.15) is 18.7 Å². The van der Waals surface area contributed by atoms with E-state index in [1.54, 1.807) is 0 Å². The minimum atomic E-state index is 0.0442. The van der Waals surface area contributed by atoms with Gasteiger partial charge < -0.3 is 9.47 Å². The van der Waals surface area contributed by atoms with Crippen molar-refractivity contribution in [2.75, 3.05) is 0 Å². The molecule has 0 radical (unpaired) electrons. The van der Waals surface area contributed by atoms with Gasteiger partial charge in [-0.2, -0.15) is 10.5 Å². The van der Waals surface area contributed by atoms with Crippen LogP contribution in [0, 0.1) is 22.7 Å². The molecule has 0 bridgehead atoms. The molecule has 0 aliphatic heterocycles. The van der Waals surface area contributed by atoms with Crippen LogP contribution >= 0.6 is 0 Å². The fourth-order valence-electron chi connectivity index (χ4n) is 3.17. The van der Waals surface area contributed by atoms with Crippen LogP contribution in [-0.4, -0.2) is 32.4 Å². The Kier molecular flexibility index (Phi) is 3.62. The molecule has 1 aromatic heterocycles. The molecule has 0 N–H and O–H groups in total. The minimum absolute atomic E-state index is 0.0442. The van der Waals surface area contributed by atoms with Gasteiger partial charge in [0, 0.05) is 12.1 Å². The van der Waals surface area contributed by atoms with Crippen LogP contribution in [0.3, 0.4) is 0 Å². The number of aromatic nitrogens is 2. The molecule has 0 saturated heterocycles. The number of carbonyl (C=O) groups excluding carboxylic acids is 1. The van der Waals surface area contributed by atoms with Crippen LogP contribution in [0.15, 0.2) is 6.33 Å². The maximum absolute atomic E-state index is 12.6. The zero-order valence-corrected chi connectivity index (χ0v) is 11.8. The molecule has 2 aliphatic rings. The summed E-state index contributed by atoms with van der Waals surface area (Å²) in [5.41, 5.74) is 0.261. The molecule has 2 aliphatic carbocycles. The van der Waals surface area contributed by atoms with Gasteiger partial charge in [-0.1, -0.05) is 12.8 Å². The Labute approximate surface area is 123 Å². The summed E-state index contributed by atoms with van der Waals surface area (Å²) in [4.78, 5) is 18.5. The number of imidazole rings is 1. The first kappa shape index (κ1) is 13.6. The van der Waals surface area contributed by atoms with E-state index in [2.05, 4.69) is 4.98 Å². The number of hydrogen-bond acceptors (Lipinski definition) is 4. The second-order valence-electron chi connectivity index (χ2n) is 5.76. The molecular weight excluding hydrogens is 266 g/mol. The van der Waals surface area contributed by atoms with Crippen molar-refractivity contribution in [3.63, 3.8) is 0 Å². The quantitative estimate of drug-likeness (QED) is 0.839. The topological polar surface area (TPSA) is 85.7 Å². The molecule has 108 valence electrons. The van der Waals surface area contributed by atoms with Gasteiger partial charge in [-0.05, 0) is 25.7 Å². The Morgan fingerprint density at radius 2 is 1.90 bits per heavy atom. The highest BCUT2D eigenvalue weighted by molar-refractivity contribution is 5.77. The first-order valence-electron chi connectivity index (χ1n) is 7.41. The van der Waals surface area contributed by atoms with Crippen LogP contribution in [0.25, 0.3) is 0 Å². The third kappa shape index (κ3) is 2.62. The molecule has 2 saturated carbocycles. The lowest BCUT2D eigenvalue weighted by atomic mass is 10.2. The highest BCUT2D eigenvalue weighted by atomic mass is 16.2. The fourth-order valence-corrected chi connectivity index (χ4v) is 3.17. The van der Waals surface area contributed by atoms with E-state index in [0.29, 0.717) is 12.1 Å². The lowest BCUT2D eigenvalue weighted by Crippen LogP contribution is -2.42. The van der Waals surface area contributed by atoms with Crippen molar-refractivity contribution in [3.05, 3.63) is 17.7 Å². The van der Waals surface area contributed by atoms with E-state index < -0.39 is 0 Å². The number of hydrogen-bond donors (Lipinski definition) is 0. The molecule has 2 fully saturated rings. The second-order valence-corrected chi connectivity index (χ2v) is 5.76. The predicted molar refractivity (Wildman–Crippen MR) is 73.8 cm³/mol. The maximum atomic E-state index is 12.6. The van der Waals surface area contributed by atoms with Gasteiger partial charge in [-0.15, -0.1) is 0 Å². The Morgan fingerprint density at radius 3 is 2.48 bits per heavy atom. The number of carbonyl (C=O) groups is 1. The van der Waals surface area contributed by atoms with Crippen LogP contribution in [0.1, 0.15) is 49.9 Å². The van der Waals surface area contributed by atoms with Crippen molar-refractivity contribution < 1.29 is 4.79 Å². The Hall–Kier alpha value is -2.34. The van der Waals surface area contributed by atoms with Gasteiger partial charge in [0.2, 0.25) is 5.91 Å².